The summed E-state index contributed by atoms with van der Waals surface area (Å²) in [5, 5.41) is 3.36. The number of imidazole rings is 1. The number of ether oxygens (including phenoxy) is 1. The van der Waals surface area contributed by atoms with Gasteiger partial charge in [-0.1, -0.05) is 37.2 Å². The number of nitrogens with zero attached hydrogens (tertiary/aromatic N) is 1. The van der Waals surface area contributed by atoms with E-state index in [4.69, 9.17) is 4.74 Å². The molecule has 25 heavy (non-hydrogen) atoms. The maximum atomic E-state index is 12.0. The maximum Gasteiger partial charge on any atom is 0.356 e. The molecule has 0 fully saturated rings. The van der Waals surface area contributed by atoms with Gasteiger partial charge in [-0.2, -0.15) is 0 Å². The Labute approximate surface area is 151 Å². The number of amides is 1. The second-order valence-electron chi connectivity index (χ2n) is 5.46. The minimum atomic E-state index is -0.450. The van der Waals surface area contributed by atoms with Crippen molar-refractivity contribution in [2.45, 2.75) is 38.3 Å². The van der Waals surface area contributed by atoms with Gasteiger partial charge in [-0.05, 0) is 37.5 Å². The number of carbonyl (C=O) groups excluding carboxylic acids is 2. The summed E-state index contributed by atoms with van der Waals surface area (Å²) >= 11 is 1.23. The molecule has 6 nitrogen and oxygen atoms in total. The van der Waals surface area contributed by atoms with Gasteiger partial charge in [-0.15, -0.1) is 0 Å². The number of hydrogen-bond donors (Lipinski definition) is 2. The first-order valence-corrected chi connectivity index (χ1v) is 9.34. The molecule has 0 bridgehead atoms. The largest absolute Gasteiger partial charge is 0.461 e. The first kappa shape index (κ1) is 19.1. The molecule has 0 saturated heterocycles. The van der Waals surface area contributed by atoms with Crippen LogP contribution in [0, 0.1) is 0 Å². The zero-order chi connectivity index (χ0) is 18.1. The van der Waals surface area contributed by atoms with Crippen LogP contribution in [0.3, 0.4) is 0 Å². The standard InChI is InChI=1S/C18H23N3O3S/c1-3-5-6-13-7-9-14(10-8-13)20-16(22)12-25-18-19-11-15(21-18)17(23)24-4-2/h7-11H,3-6,12H2,1-2H3,(H,19,21)(H,20,22). The van der Waals surface area contributed by atoms with Gasteiger partial charge in [0.1, 0.15) is 5.69 Å². The summed E-state index contributed by atoms with van der Waals surface area (Å²) in [6, 6.07) is 7.91. The molecule has 0 saturated carbocycles. The predicted octanol–water partition coefficient (Wildman–Crippen LogP) is 3.66. The van der Waals surface area contributed by atoms with Crippen molar-refractivity contribution in [3.63, 3.8) is 0 Å². The van der Waals surface area contributed by atoms with E-state index in [1.807, 2.05) is 24.3 Å². The summed E-state index contributed by atoms with van der Waals surface area (Å²) in [5.74, 6) is -0.372. The lowest BCUT2D eigenvalue weighted by molar-refractivity contribution is -0.113. The number of H-pyrrole nitrogens is 1. The zero-order valence-electron chi connectivity index (χ0n) is 14.5. The quantitative estimate of drug-likeness (QED) is 0.526. The fourth-order valence-electron chi connectivity index (χ4n) is 2.16. The number of anilines is 1. The van der Waals surface area contributed by atoms with Crippen molar-refractivity contribution in [1.29, 1.82) is 0 Å². The second kappa shape index (κ2) is 9.88. The summed E-state index contributed by atoms with van der Waals surface area (Å²) in [6.45, 7) is 4.21. The molecule has 2 rings (SSSR count). The number of benzene rings is 1. The van der Waals surface area contributed by atoms with Crippen LogP contribution in [-0.2, 0) is 16.0 Å². The Morgan fingerprint density at radius 2 is 2.00 bits per heavy atom. The smallest absolute Gasteiger partial charge is 0.356 e. The van der Waals surface area contributed by atoms with Crippen molar-refractivity contribution < 1.29 is 14.3 Å². The molecule has 0 aliphatic heterocycles. The third kappa shape index (κ3) is 6.26. The van der Waals surface area contributed by atoms with Crippen LogP contribution in [0.5, 0.6) is 0 Å². The van der Waals surface area contributed by atoms with Crippen LogP contribution in [-0.4, -0.2) is 34.2 Å². The van der Waals surface area contributed by atoms with Crippen molar-refractivity contribution in [1.82, 2.24) is 9.97 Å². The molecule has 0 unspecified atom stereocenters. The molecule has 2 N–H and O–H groups in total. The summed E-state index contributed by atoms with van der Waals surface area (Å²) in [6.07, 6.45) is 4.80. The number of nitrogens with one attached hydrogen (secondary N) is 2. The summed E-state index contributed by atoms with van der Waals surface area (Å²) in [4.78, 5) is 30.5. The number of rotatable bonds is 9. The van der Waals surface area contributed by atoms with Crippen molar-refractivity contribution in [2.75, 3.05) is 17.7 Å². The molecule has 0 aliphatic rings. The highest BCUT2D eigenvalue weighted by Gasteiger charge is 2.12. The molecule has 1 heterocycles. The summed E-state index contributed by atoms with van der Waals surface area (Å²) in [5.41, 5.74) is 2.33. The van der Waals surface area contributed by atoms with Gasteiger partial charge in [-0.25, -0.2) is 9.78 Å². The molecule has 134 valence electrons. The average molecular weight is 361 g/mol. The molecule has 0 atom stereocenters. The van der Waals surface area contributed by atoms with Gasteiger partial charge >= 0.3 is 5.97 Å². The van der Waals surface area contributed by atoms with Crippen LogP contribution in [0.4, 0.5) is 5.69 Å². The van der Waals surface area contributed by atoms with E-state index in [0.717, 1.165) is 12.1 Å². The number of aryl methyl sites for hydroxylation is 1. The number of aromatic nitrogens is 2. The molecule has 1 aromatic heterocycles. The summed E-state index contributed by atoms with van der Waals surface area (Å²) < 4.78 is 4.88. The van der Waals surface area contributed by atoms with Crippen molar-refractivity contribution in [3.05, 3.63) is 41.7 Å². The lowest BCUT2D eigenvalue weighted by Gasteiger charge is -2.06. The number of esters is 1. The Hall–Kier alpha value is -2.28. The fourth-order valence-corrected chi connectivity index (χ4v) is 2.80. The van der Waals surface area contributed by atoms with E-state index in [-0.39, 0.29) is 17.4 Å². The third-order valence-corrected chi connectivity index (χ3v) is 4.33. The molecular formula is C18H23N3O3S. The average Bonchev–Trinajstić information content (AvgIpc) is 3.09. The second-order valence-corrected chi connectivity index (χ2v) is 6.42. The first-order chi connectivity index (χ1) is 12.1. The lowest BCUT2D eigenvalue weighted by Crippen LogP contribution is -2.14. The molecule has 0 radical (unpaired) electrons. The van der Waals surface area contributed by atoms with Crippen molar-refractivity contribution in [2.24, 2.45) is 0 Å². The topological polar surface area (TPSA) is 84.1 Å². The monoisotopic (exact) mass is 361 g/mol. The van der Waals surface area contributed by atoms with Crippen LogP contribution in [0.15, 0.2) is 35.6 Å². The first-order valence-electron chi connectivity index (χ1n) is 8.36. The minimum Gasteiger partial charge on any atom is -0.461 e. The van der Waals surface area contributed by atoms with Gasteiger partial charge < -0.3 is 15.0 Å². The number of aromatic amines is 1. The van der Waals surface area contributed by atoms with Gasteiger partial charge in [0.2, 0.25) is 5.91 Å². The molecular weight excluding hydrogens is 338 g/mol. The molecule has 1 aromatic carbocycles. The van der Waals surface area contributed by atoms with E-state index >= 15 is 0 Å². The van der Waals surface area contributed by atoms with Crippen LogP contribution in [0.1, 0.15) is 42.7 Å². The fraction of sp³-hybridized carbons (Fsp3) is 0.389. The lowest BCUT2D eigenvalue weighted by atomic mass is 10.1. The van der Waals surface area contributed by atoms with Gasteiger partial charge in [0.15, 0.2) is 5.16 Å². The Morgan fingerprint density at radius 1 is 1.24 bits per heavy atom. The van der Waals surface area contributed by atoms with Crippen LogP contribution >= 0.6 is 11.8 Å². The van der Waals surface area contributed by atoms with E-state index in [9.17, 15) is 9.59 Å². The number of hydrogen-bond acceptors (Lipinski definition) is 5. The van der Waals surface area contributed by atoms with E-state index < -0.39 is 5.97 Å². The Kier molecular flexibility index (Phi) is 7.53. The van der Waals surface area contributed by atoms with Gasteiger partial charge in [0.25, 0.3) is 0 Å². The Balaban J connectivity index is 1.79. The molecule has 2 aromatic rings. The zero-order valence-corrected chi connectivity index (χ0v) is 15.3. The maximum absolute atomic E-state index is 12.0. The third-order valence-electron chi connectivity index (χ3n) is 3.44. The van der Waals surface area contributed by atoms with E-state index in [1.165, 1.54) is 36.4 Å². The highest BCUT2D eigenvalue weighted by atomic mass is 32.2. The van der Waals surface area contributed by atoms with Crippen molar-refractivity contribution >= 4 is 29.3 Å². The normalized spacial score (nSPS) is 10.5. The van der Waals surface area contributed by atoms with E-state index in [0.29, 0.717) is 11.8 Å². The Morgan fingerprint density at radius 3 is 2.68 bits per heavy atom. The Bertz CT molecular complexity index is 698. The van der Waals surface area contributed by atoms with Crippen LogP contribution in [0.2, 0.25) is 0 Å². The predicted molar refractivity (Wildman–Crippen MR) is 99.0 cm³/mol. The van der Waals surface area contributed by atoms with Crippen LogP contribution in [0.25, 0.3) is 0 Å². The molecule has 0 aliphatic carbocycles. The SMILES string of the molecule is CCCCc1ccc(NC(=O)CSc2ncc(C(=O)OCC)[nH]2)cc1. The molecule has 1 amide bonds. The minimum absolute atomic E-state index is 0.125. The highest BCUT2D eigenvalue weighted by molar-refractivity contribution is 7.99. The molecule has 7 heteroatoms. The number of unbranched alkanes of at least 4 members (excludes halogenated alkanes) is 1. The van der Waals surface area contributed by atoms with E-state index in [2.05, 4.69) is 22.2 Å². The van der Waals surface area contributed by atoms with Crippen molar-refractivity contribution in [3.8, 4) is 0 Å². The highest BCUT2D eigenvalue weighted by Crippen LogP contribution is 2.16. The van der Waals surface area contributed by atoms with Gasteiger partial charge in [0, 0.05) is 5.69 Å². The number of thioether (sulfide) groups is 1. The summed E-state index contributed by atoms with van der Waals surface area (Å²) in [7, 11) is 0. The number of carbonyl (C=O) groups is 2. The van der Waals surface area contributed by atoms with E-state index in [1.54, 1.807) is 6.92 Å². The molecule has 0 spiro atoms. The van der Waals surface area contributed by atoms with Crippen LogP contribution < -0.4 is 5.32 Å². The van der Waals surface area contributed by atoms with Gasteiger partial charge in [-0.3, -0.25) is 4.79 Å². The van der Waals surface area contributed by atoms with Gasteiger partial charge in [0.05, 0.1) is 18.6 Å².